The maximum atomic E-state index is 13.1. The summed E-state index contributed by atoms with van der Waals surface area (Å²) in [6.45, 7) is 0. The highest BCUT2D eigenvalue weighted by molar-refractivity contribution is 5.96. The molecule has 0 bridgehead atoms. The van der Waals surface area contributed by atoms with E-state index in [1.165, 1.54) is 12.5 Å². The molecule has 0 spiro atoms. The number of imidazole rings is 1. The van der Waals surface area contributed by atoms with Gasteiger partial charge in [0.15, 0.2) is 5.78 Å². The highest BCUT2D eigenvalue weighted by Gasteiger charge is 2.35. The molecule has 2 aromatic carbocycles. The minimum atomic E-state index is -0.563. The topological polar surface area (TPSA) is 78.0 Å². The summed E-state index contributed by atoms with van der Waals surface area (Å²) in [4.78, 5) is 27.4. The summed E-state index contributed by atoms with van der Waals surface area (Å²) in [6, 6.07) is 19.1. The van der Waals surface area contributed by atoms with Crippen LogP contribution in [-0.2, 0) is 4.79 Å². The van der Waals surface area contributed by atoms with Crippen LogP contribution in [0.5, 0.6) is 0 Å². The van der Waals surface area contributed by atoms with Crippen LogP contribution in [0.4, 0.5) is 5.82 Å². The second-order valence-corrected chi connectivity index (χ2v) is 6.97. The molecule has 0 saturated carbocycles. The van der Waals surface area contributed by atoms with Gasteiger partial charge in [-0.1, -0.05) is 72.8 Å². The molecule has 0 fully saturated rings. The Bertz CT molecular complexity index is 1080. The summed E-state index contributed by atoms with van der Waals surface area (Å²) in [5, 5.41) is 11.0. The fourth-order valence-corrected chi connectivity index (χ4v) is 3.70. The van der Waals surface area contributed by atoms with Gasteiger partial charge in [-0.3, -0.25) is 9.36 Å². The molecule has 3 aromatic rings. The van der Waals surface area contributed by atoms with Gasteiger partial charge in [0.2, 0.25) is 6.33 Å². The molecule has 6 nitrogen and oxygen atoms in total. The first kappa shape index (κ1) is 18.6. The number of aromatic nitrogens is 2. The summed E-state index contributed by atoms with van der Waals surface area (Å²) in [5.74, 6) is -0.494. The molecule has 0 radical (unpaired) electrons. The fourth-order valence-electron chi connectivity index (χ4n) is 3.70. The number of ketones is 1. The Labute approximate surface area is 168 Å². The van der Waals surface area contributed by atoms with Crippen LogP contribution >= 0.6 is 0 Å². The minimum absolute atomic E-state index is 0.0925. The van der Waals surface area contributed by atoms with Crippen LogP contribution in [0.25, 0.3) is 6.08 Å². The van der Waals surface area contributed by atoms with Crippen LogP contribution in [0, 0.1) is 10.1 Å². The van der Waals surface area contributed by atoms with Gasteiger partial charge in [0.05, 0.1) is 0 Å². The van der Waals surface area contributed by atoms with Crippen molar-refractivity contribution in [3.63, 3.8) is 0 Å². The van der Waals surface area contributed by atoms with E-state index in [0.29, 0.717) is 6.42 Å². The van der Waals surface area contributed by atoms with Gasteiger partial charge in [-0.25, -0.2) is 0 Å². The summed E-state index contributed by atoms with van der Waals surface area (Å²) < 4.78 is 1.56. The van der Waals surface area contributed by atoms with Gasteiger partial charge in [-0.05, 0) is 39.1 Å². The second-order valence-electron chi connectivity index (χ2n) is 6.97. The summed E-state index contributed by atoms with van der Waals surface area (Å²) >= 11 is 0. The maximum Gasteiger partial charge on any atom is 0.381 e. The van der Waals surface area contributed by atoms with Crippen LogP contribution in [0.1, 0.15) is 29.5 Å². The highest BCUT2D eigenvalue weighted by Crippen LogP contribution is 2.39. The molecule has 4 rings (SSSR count). The summed E-state index contributed by atoms with van der Waals surface area (Å²) in [5.41, 5.74) is 3.00. The largest absolute Gasteiger partial charge is 0.381 e. The Morgan fingerprint density at radius 3 is 2.38 bits per heavy atom. The molecule has 0 N–H and O–H groups in total. The Balaban J connectivity index is 1.70. The molecule has 0 aliphatic heterocycles. The van der Waals surface area contributed by atoms with Gasteiger partial charge in [-0.15, -0.1) is 0 Å². The van der Waals surface area contributed by atoms with Crippen molar-refractivity contribution in [2.24, 2.45) is 0 Å². The molecule has 0 saturated heterocycles. The van der Waals surface area contributed by atoms with Crippen LogP contribution in [0.3, 0.4) is 0 Å². The van der Waals surface area contributed by atoms with Gasteiger partial charge in [-0.2, -0.15) is 0 Å². The molecule has 144 valence electrons. The Morgan fingerprint density at radius 1 is 1.03 bits per heavy atom. The lowest BCUT2D eigenvalue weighted by Crippen LogP contribution is -2.28. The van der Waals surface area contributed by atoms with Crippen molar-refractivity contribution < 1.29 is 9.72 Å². The van der Waals surface area contributed by atoms with Crippen LogP contribution < -0.4 is 0 Å². The molecule has 2 atom stereocenters. The Kier molecular flexibility index (Phi) is 5.16. The summed E-state index contributed by atoms with van der Waals surface area (Å²) in [7, 11) is 0. The van der Waals surface area contributed by atoms with E-state index in [1.54, 1.807) is 10.6 Å². The zero-order chi connectivity index (χ0) is 20.2. The Hall–Kier alpha value is -3.80. The molecule has 0 amide bonds. The van der Waals surface area contributed by atoms with Gasteiger partial charge in [0.1, 0.15) is 12.2 Å². The number of nitrogens with zero attached hydrogens (tertiary/aromatic N) is 3. The molecule has 29 heavy (non-hydrogen) atoms. The molecule has 1 aliphatic carbocycles. The smallest absolute Gasteiger partial charge is 0.358 e. The molecular formula is C23H19N3O3. The van der Waals surface area contributed by atoms with Gasteiger partial charge in [0, 0.05) is 5.92 Å². The van der Waals surface area contributed by atoms with Crippen molar-refractivity contribution in [1.29, 1.82) is 0 Å². The predicted molar refractivity (Wildman–Crippen MR) is 110 cm³/mol. The summed E-state index contributed by atoms with van der Waals surface area (Å²) in [6.07, 6.45) is 8.94. The average molecular weight is 385 g/mol. The number of carbonyl (C=O) groups excluding carboxylic acids is 1. The average Bonchev–Trinajstić information content (AvgIpc) is 3.23. The van der Waals surface area contributed by atoms with Gasteiger partial charge in [0.25, 0.3) is 0 Å². The molecule has 1 aromatic heterocycles. The van der Waals surface area contributed by atoms with Crippen LogP contribution in [0.15, 0.2) is 90.9 Å². The second kappa shape index (κ2) is 8.06. The first-order chi connectivity index (χ1) is 14.1. The van der Waals surface area contributed by atoms with Crippen molar-refractivity contribution in [2.75, 3.05) is 0 Å². The van der Waals surface area contributed by atoms with E-state index in [2.05, 4.69) is 4.98 Å². The highest BCUT2D eigenvalue weighted by atomic mass is 16.6. The minimum Gasteiger partial charge on any atom is -0.358 e. The van der Waals surface area contributed by atoms with Crippen molar-refractivity contribution in [3.05, 3.63) is 112 Å². The number of benzene rings is 2. The number of hydrogen-bond acceptors (Lipinski definition) is 4. The molecule has 6 heteroatoms. The number of rotatable bonds is 5. The normalized spacial score (nSPS) is 19.3. The fraction of sp³-hybridized carbons (Fsp3) is 0.130. The Morgan fingerprint density at radius 2 is 1.72 bits per heavy atom. The number of nitro groups is 1. The van der Waals surface area contributed by atoms with E-state index in [0.717, 1.165) is 16.7 Å². The van der Waals surface area contributed by atoms with Gasteiger partial charge < -0.3 is 10.1 Å². The molecular weight excluding hydrogens is 366 g/mol. The van der Waals surface area contributed by atoms with Crippen molar-refractivity contribution in [1.82, 2.24) is 9.55 Å². The third-order valence-corrected chi connectivity index (χ3v) is 5.07. The van der Waals surface area contributed by atoms with Crippen molar-refractivity contribution in [2.45, 2.75) is 18.4 Å². The third kappa shape index (κ3) is 4.06. The number of allylic oxidation sites excluding steroid dienone is 3. The van der Waals surface area contributed by atoms with E-state index < -0.39 is 11.0 Å². The van der Waals surface area contributed by atoms with E-state index in [1.807, 2.05) is 72.8 Å². The lowest BCUT2D eigenvalue weighted by Gasteiger charge is -2.30. The molecule has 2 unspecified atom stereocenters. The van der Waals surface area contributed by atoms with Crippen LogP contribution in [-0.4, -0.2) is 20.3 Å². The van der Waals surface area contributed by atoms with Crippen molar-refractivity contribution >= 4 is 17.7 Å². The van der Waals surface area contributed by atoms with Gasteiger partial charge >= 0.3 is 5.82 Å². The zero-order valence-electron chi connectivity index (χ0n) is 15.6. The van der Waals surface area contributed by atoms with Crippen LogP contribution in [0.2, 0.25) is 0 Å². The van der Waals surface area contributed by atoms with Crippen molar-refractivity contribution in [3.8, 4) is 0 Å². The first-order valence-electron chi connectivity index (χ1n) is 9.32. The predicted octanol–water partition coefficient (Wildman–Crippen LogP) is 4.73. The number of carbonyl (C=O) groups is 1. The first-order valence-corrected chi connectivity index (χ1v) is 9.32. The van der Waals surface area contributed by atoms with E-state index in [9.17, 15) is 14.9 Å². The maximum absolute atomic E-state index is 13.1. The van der Waals surface area contributed by atoms with E-state index >= 15 is 0 Å². The van der Waals surface area contributed by atoms with E-state index in [-0.39, 0.29) is 17.5 Å². The SMILES string of the molecule is O=C1C=C(C=Cc2ccccc2)CC(c2ccccc2)C1n1cnc([N+](=O)[O-])c1. The lowest BCUT2D eigenvalue weighted by atomic mass is 9.79. The molecule has 1 heterocycles. The standard InChI is InChI=1S/C23H19N3O3/c27-21-14-18(12-11-17-7-3-1-4-8-17)13-20(19-9-5-2-6-10-19)23(21)25-15-22(24-16-25)26(28)29/h1-12,14-16,20,23H,13H2. The van der Waals surface area contributed by atoms with E-state index in [4.69, 9.17) is 0 Å². The number of hydrogen-bond donors (Lipinski definition) is 0. The quantitative estimate of drug-likeness (QED) is 0.470. The third-order valence-electron chi connectivity index (χ3n) is 5.07. The molecule has 1 aliphatic rings. The monoisotopic (exact) mass is 385 g/mol. The lowest BCUT2D eigenvalue weighted by molar-refractivity contribution is -0.389. The zero-order valence-corrected chi connectivity index (χ0v) is 15.6.